The third-order valence-corrected chi connectivity index (χ3v) is 5.79. The van der Waals surface area contributed by atoms with E-state index < -0.39 is 0 Å². The van der Waals surface area contributed by atoms with Crippen LogP contribution in [0.5, 0.6) is 5.75 Å². The van der Waals surface area contributed by atoms with Gasteiger partial charge in [-0.15, -0.1) is 0 Å². The quantitative estimate of drug-likeness (QED) is 0.871. The van der Waals surface area contributed by atoms with E-state index in [1.807, 2.05) is 0 Å². The maximum atomic E-state index is 6.73. The van der Waals surface area contributed by atoms with Crippen LogP contribution in [0.15, 0.2) is 16.6 Å². The molecule has 0 spiro atoms. The van der Waals surface area contributed by atoms with Crippen molar-refractivity contribution in [3.63, 3.8) is 0 Å². The van der Waals surface area contributed by atoms with Crippen LogP contribution in [0.25, 0.3) is 0 Å². The van der Waals surface area contributed by atoms with Crippen LogP contribution in [-0.2, 0) is 12.8 Å². The van der Waals surface area contributed by atoms with Crippen LogP contribution in [0.1, 0.15) is 50.7 Å². The zero-order valence-electron chi connectivity index (χ0n) is 13.1. The van der Waals surface area contributed by atoms with E-state index in [1.165, 1.54) is 24.0 Å². The second-order valence-electron chi connectivity index (χ2n) is 7.27. The first-order valence-electron chi connectivity index (χ1n) is 8.20. The SMILES string of the molecule is CC(C)C1CCC(N)(Cc2cc(Br)cc3c2OCC3)CC1. The smallest absolute Gasteiger partial charge is 0.125 e. The fraction of sp³-hybridized carbons (Fsp3) is 0.667. The number of halogens is 1. The van der Waals surface area contributed by atoms with Gasteiger partial charge in [0.25, 0.3) is 0 Å². The molecular weight excluding hydrogens is 326 g/mol. The van der Waals surface area contributed by atoms with E-state index in [2.05, 4.69) is 41.9 Å². The molecule has 1 saturated carbocycles. The Morgan fingerprint density at radius 1 is 1.33 bits per heavy atom. The summed E-state index contributed by atoms with van der Waals surface area (Å²) in [7, 11) is 0. The molecule has 1 aromatic rings. The highest BCUT2D eigenvalue weighted by atomic mass is 79.9. The first-order valence-corrected chi connectivity index (χ1v) is 8.99. The van der Waals surface area contributed by atoms with Gasteiger partial charge in [0.1, 0.15) is 5.75 Å². The minimum Gasteiger partial charge on any atom is -0.493 e. The predicted octanol–water partition coefficient (Wildman–Crippen LogP) is 4.47. The third kappa shape index (κ3) is 3.29. The summed E-state index contributed by atoms with van der Waals surface area (Å²) in [6.07, 6.45) is 6.78. The maximum Gasteiger partial charge on any atom is 0.125 e. The Morgan fingerprint density at radius 3 is 2.71 bits per heavy atom. The van der Waals surface area contributed by atoms with Gasteiger partial charge < -0.3 is 10.5 Å². The standard InChI is InChI=1S/C18H26BrNO/c1-12(2)13-3-6-18(20,7-4-13)11-15-10-16(19)9-14-5-8-21-17(14)15/h9-10,12-13H,3-8,11,20H2,1-2H3. The van der Waals surface area contributed by atoms with Crippen LogP contribution < -0.4 is 10.5 Å². The fourth-order valence-electron chi connectivity index (χ4n) is 3.92. The number of hydrogen-bond acceptors (Lipinski definition) is 2. The van der Waals surface area contributed by atoms with Crippen LogP contribution >= 0.6 is 15.9 Å². The first-order chi connectivity index (χ1) is 9.97. The van der Waals surface area contributed by atoms with Crippen molar-refractivity contribution in [1.29, 1.82) is 0 Å². The third-order valence-electron chi connectivity index (χ3n) is 5.34. The minimum absolute atomic E-state index is 0.0497. The van der Waals surface area contributed by atoms with Crippen LogP contribution in [0.3, 0.4) is 0 Å². The second kappa shape index (κ2) is 5.92. The molecule has 2 nitrogen and oxygen atoms in total. The molecule has 3 heteroatoms. The molecule has 1 fully saturated rings. The number of rotatable bonds is 3. The molecule has 1 aromatic carbocycles. The highest BCUT2D eigenvalue weighted by molar-refractivity contribution is 9.10. The molecule has 1 heterocycles. The van der Waals surface area contributed by atoms with Crippen LogP contribution in [0.4, 0.5) is 0 Å². The molecule has 21 heavy (non-hydrogen) atoms. The largest absolute Gasteiger partial charge is 0.493 e. The molecule has 1 aliphatic heterocycles. The number of nitrogens with two attached hydrogens (primary N) is 1. The molecular formula is C18H26BrNO. The Balaban J connectivity index is 1.75. The Kier molecular flexibility index (Phi) is 4.33. The topological polar surface area (TPSA) is 35.2 Å². The monoisotopic (exact) mass is 351 g/mol. The van der Waals surface area contributed by atoms with Gasteiger partial charge in [0.15, 0.2) is 0 Å². The van der Waals surface area contributed by atoms with Crippen molar-refractivity contribution in [1.82, 2.24) is 0 Å². The second-order valence-corrected chi connectivity index (χ2v) is 8.19. The number of fused-ring (bicyclic) bond motifs is 1. The van der Waals surface area contributed by atoms with Crippen molar-refractivity contribution < 1.29 is 4.74 Å². The van der Waals surface area contributed by atoms with Gasteiger partial charge in [0, 0.05) is 16.4 Å². The van der Waals surface area contributed by atoms with E-state index in [1.54, 1.807) is 0 Å². The fourth-order valence-corrected chi connectivity index (χ4v) is 4.47. The van der Waals surface area contributed by atoms with E-state index in [-0.39, 0.29) is 5.54 Å². The van der Waals surface area contributed by atoms with Gasteiger partial charge in [0.05, 0.1) is 6.61 Å². The lowest BCUT2D eigenvalue weighted by molar-refractivity contribution is 0.193. The highest BCUT2D eigenvalue weighted by Gasteiger charge is 2.34. The summed E-state index contributed by atoms with van der Waals surface area (Å²) >= 11 is 3.63. The van der Waals surface area contributed by atoms with Crippen molar-refractivity contribution in [2.45, 2.75) is 57.9 Å². The summed E-state index contributed by atoms with van der Waals surface area (Å²) in [6.45, 7) is 5.48. The predicted molar refractivity (Wildman–Crippen MR) is 90.8 cm³/mol. The first kappa shape index (κ1) is 15.4. The molecule has 116 valence electrons. The summed E-state index contributed by atoms with van der Waals surface area (Å²) < 4.78 is 7.01. The Morgan fingerprint density at radius 2 is 2.05 bits per heavy atom. The summed E-state index contributed by atoms with van der Waals surface area (Å²) in [5.74, 6) is 2.74. The molecule has 2 N–H and O–H groups in total. The molecule has 3 rings (SSSR count). The maximum absolute atomic E-state index is 6.73. The lowest BCUT2D eigenvalue weighted by atomic mass is 9.71. The van der Waals surface area contributed by atoms with Gasteiger partial charge in [-0.3, -0.25) is 0 Å². The Hall–Kier alpha value is -0.540. The minimum atomic E-state index is -0.0497. The van der Waals surface area contributed by atoms with Crippen molar-refractivity contribution >= 4 is 15.9 Å². The normalized spacial score (nSPS) is 28.5. The highest BCUT2D eigenvalue weighted by Crippen LogP contribution is 2.40. The van der Waals surface area contributed by atoms with Crippen LogP contribution in [0.2, 0.25) is 0 Å². The van der Waals surface area contributed by atoms with E-state index in [9.17, 15) is 0 Å². The van der Waals surface area contributed by atoms with Crippen molar-refractivity contribution in [2.24, 2.45) is 17.6 Å². The molecule has 0 bridgehead atoms. The molecule has 0 saturated heterocycles. The van der Waals surface area contributed by atoms with Gasteiger partial charge in [-0.2, -0.15) is 0 Å². The van der Waals surface area contributed by atoms with Crippen LogP contribution in [-0.4, -0.2) is 12.1 Å². The average molecular weight is 352 g/mol. The Labute approximate surface area is 136 Å². The van der Waals surface area contributed by atoms with Crippen molar-refractivity contribution in [2.75, 3.05) is 6.61 Å². The van der Waals surface area contributed by atoms with Gasteiger partial charge in [0.2, 0.25) is 0 Å². The van der Waals surface area contributed by atoms with E-state index in [0.717, 1.165) is 54.3 Å². The van der Waals surface area contributed by atoms with Gasteiger partial charge >= 0.3 is 0 Å². The lowest BCUT2D eigenvalue weighted by Gasteiger charge is -2.39. The molecule has 1 aliphatic carbocycles. The number of benzene rings is 1. The molecule has 0 radical (unpaired) electrons. The van der Waals surface area contributed by atoms with E-state index >= 15 is 0 Å². The molecule has 0 atom stereocenters. The Bertz CT molecular complexity index is 518. The van der Waals surface area contributed by atoms with Gasteiger partial charge in [-0.1, -0.05) is 29.8 Å². The van der Waals surface area contributed by atoms with E-state index in [0.29, 0.717) is 0 Å². The number of hydrogen-bond donors (Lipinski definition) is 1. The van der Waals surface area contributed by atoms with Crippen molar-refractivity contribution in [3.8, 4) is 5.75 Å². The van der Waals surface area contributed by atoms with E-state index in [4.69, 9.17) is 10.5 Å². The average Bonchev–Trinajstić information content (AvgIpc) is 2.87. The lowest BCUT2D eigenvalue weighted by Crippen LogP contribution is -2.45. The zero-order valence-corrected chi connectivity index (χ0v) is 14.7. The number of ether oxygens (including phenoxy) is 1. The summed E-state index contributed by atoms with van der Waals surface area (Å²) in [5, 5.41) is 0. The van der Waals surface area contributed by atoms with Gasteiger partial charge in [-0.25, -0.2) is 0 Å². The summed E-state index contributed by atoms with van der Waals surface area (Å²) in [6, 6.07) is 4.39. The molecule has 0 aromatic heterocycles. The molecule has 0 unspecified atom stereocenters. The van der Waals surface area contributed by atoms with Crippen molar-refractivity contribution in [3.05, 3.63) is 27.7 Å². The molecule has 2 aliphatic rings. The summed E-state index contributed by atoms with van der Waals surface area (Å²) in [4.78, 5) is 0. The zero-order chi connectivity index (χ0) is 15.0. The van der Waals surface area contributed by atoms with Crippen LogP contribution in [0, 0.1) is 11.8 Å². The molecule has 0 amide bonds. The summed E-state index contributed by atoms with van der Waals surface area (Å²) in [5.41, 5.74) is 9.30. The van der Waals surface area contributed by atoms with Gasteiger partial charge in [-0.05, 0) is 67.2 Å².